The number of nitrogens with one attached hydrogen (secondary N) is 1. The van der Waals surface area contributed by atoms with Gasteiger partial charge < -0.3 is 10.1 Å². The highest BCUT2D eigenvalue weighted by atomic mass is 35.5. The second-order valence-electron chi connectivity index (χ2n) is 5.94. The highest BCUT2D eigenvalue weighted by molar-refractivity contribution is 6.31. The van der Waals surface area contributed by atoms with Crippen LogP contribution < -0.4 is 10.1 Å². The maximum Gasteiger partial charge on any atom is 0.265 e. The van der Waals surface area contributed by atoms with Gasteiger partial charge >= 0.3 is 0 Å². The van der Waals surface area contributed by atoms with Crippen LogP contribution in [0.2, 0.25) is 5.02 Å². The van der Waals surface area contributed by atoms with Gasteiger partial charge in [-0.2, -0.15) is 0 Å². The molecule has 0 aliphatic heterocycles. The normalized spacial score (nSPS) is 12.1. The van der Waals surface area contributed by atoms with E-state index in [-0.39, 0.29) is 5.91 Å². The predicted octanol–water partition coefficient (Wildman–Crippen LogP) is 5.18. The van der Waals surface area contributed by atoms with Gasteiger partial charge in [-0.25, -0.2) is 0 Å². The van der Waals surface area contributed by atoms with Gasteiger partial charge in [0.15, 0.2) is 6.10 Å². The molecule has 0 radical (unpaired) electrons. The molecule has 4 heteroatoms. The number of carbonyl (C=O) groups excluding carboxylic acids is 1. The molecule has 1 N–H and O–H groups in total. The van der Waals surface area contributed by atoms with Gasteiger partial charge in [-0.15, -0.1) is 0 Å². The number of hydrogen-bond acceptors (Lipinski definition) is 2. The van der Waals surface area contributed by atoms with E-state index in [2.05, 4.69) is 19.2 Å². The number of carbonyl (C=O) groups is 1. The largest absolute Gasteiger partial charge is 0.481 e. The van der Waals surface area contributed by atoms with Crippen molar-refractivity contribution in [3.63, 3.8) is 0 Å². The summed E-state index contributed by atoms with van der Waals surface area (Å²) in [5.41, 5.74) is 2.87. The lowest BCUT2D eigenvalue weighted by molar-refractivity contribution is -0.122. The van der Waals surface area contributed by atoms with Crippen molar-refractivity contribution in [1.82, 2.24) is 0 Å². The van der Waals surface area contributed by atoms with E-state index >= 15 is 0 Å². The van der Waals surface area contributed by atoms with Gasteiger partial charge in [0.25, 0.3) is 5.91 Å². The van der Waals surface area contributed by atoms with Gasteiger partial charge in [-0.05, 0) is 55.2 Å². The van der Waals surface area contributed by atoms with E-state index in [4.69, 9.17) is 16.3 Å². The molecule has 1 atom stereocenters. The third-order valence-electron chi connectivity index (χ3n) is 3.67. The van der Waals surface area contributed by atoms with Crippen LogP contribution in [-0.2, 0) is 4.79 Å². The molecule has 0 aliphatic rings. The molecule has 0 saturated heterocycles. The van der Waals surface area contributed by atoms with E-state index in [0.717, 1.165) is 5.56 Å². The van der Waals surface area contributed by atoms with Crippen LogP contribution in [0.1, 0.15) is 37.8 Å². The molecule has 1 amide bonds. The summed E-state index contributed by atoms with van der Waals surface area (Å²) in [6.45, 7) is 7.92. The van der Waals surface area contributed by atoms with Crippen molar-refractivity contribution in [3.8, 4) is 5.75 Å². The molecule has 0 aromatic heterocycles. The second-order valence-corrected chi connectivity index (χ2v) is 6.34. The molecule has 0 saturated carbocycles. The van der Waals surface area contributed by atoms with Gasteiger partial charge in [0.05, 0.1) is 0 Å². The first-order valence-electron chi connectivity index (χ1n) is 7.70. The number of hydrogen-bond donors (Lipinski definition) is 1. The van der Waals surface area contributed by atoms with Crippen molar-refractivity contribution >= 4 is 23.2 Å². The van der Waals surface area contributed by atoms with Crippen molar-refractivity contribution in [1.29, 1.82) is 0 Å². The van der Waals surface area contributed by atoms with Gasteiger partial charge in [-0.3, -0.25) is 4.79 Å². The number of amides is 1. The Balaban J connectivity index is 1.97. The number of aryl methyl sites for hydroxylation is 1. The Labute approximate surface area is 142 Å². The fraction of sp³-hybridized carbons (Fsp3) is 0.316. The maximum atomic E-state index is 12.2. The molecule has 2 aromatic carbocycles. The van der Waals surface area contributed by atoms with Crippen LogP contribution in [0.3, 0.4) is 0 Å². The monoisotopic (exact) mass is 331 g/mol. The van der Waals surface area contributed by atoms with Gasteiger partial charge in [-0.1, -0.05) is 43.6 Å². The fourth-order valence-electron chi connectivity index (χ4n) is 2.10. The fourth-order valence-corrected chi connectivity index (χ4v) is 2.28. The van der Waals surface area contributed by atoms with Gasteiger partial charge in [0.2, 0.25) is 0 Å². The average Bonchev–Trinajstić information content (AvgIpc) is 2.51. The molecule has 0 fully saturated rings. The Morgan fingerprint density at radius 2 is 1.74 bits per heavy atom. The van der Waals surface area contributed by atoms with E-state index in [1.165, 1.54) is 5.56 Å². The maximum absolute atomic E-state index is 12.2. The lowest BCUT2D eigenvalue weighted by Crippen LogP contribution is -2.30. The zero-order chi connectivity index (χ0) is 17.0. The van der Waals surface area contributed by atoms with Gasteiger partial charge in [0.1, 0.15) is 5.75 Å². The first kappa shape index (κ1) is 17.4. The number of anilines is 1. The summed E-state index contributed by atoms with van der Waals surface area (Å²) in [4.78, 5) is 12.2. The van der Waals surface area contributed by atoms with E-state index in [1.807, 2.05) is 43.3 Å². The molecular formula is C19H22ClNO2. The first-order valence-corrected chi connectivity index (χ1v) is 8.08. The van der Waals surface area contributed by atoms with Gasteiger partial charge in [0, 0.05) is 10.7 Å². The zero-order valence-electron chi connectivity index (χ0n) is 13.9. The SMILES string of the molecule is Cc1ccc(NC(=O)C(C)Oc2ccc(C(C)C)cc2)cc1Cl. The van der Waals surface area contributed by atoms with Crippen LogP contribution in [0, 0.1) is 6.92 Å². The predicted molar refractivity (Wildman–Crippen MR) is 95.4 cm³/mol. The van der Waals surface area contributed by atoms with Crippen molar-refractivity contribution in [2.45, 2.75) is 39.7 Å². The summed E-state index contributed by atoms with van der Waals surface area (Å²) in [7, 11) is 0. The molecule has 23 heavy (non-hydrogen) atoms. The minimum absolute atomic E-state index is 0.210. The van der Waals surface area contributed by atoms with Crippen molar-refractivity contribution in [2.75, 3.05) is 5.32 Å². The standard InChI is InChI=1S/C19H22ClNO2/c1-12(2)15-6-9-17(10-7-15)23-14(4)19(22)21-16-8-5-13(3)18(20)11-16/h5-12,14H,1-4H3,(H,21,22). The van der Waals surface area contributed by atoms with Crippen molar-refractivity contribution in [2.24, 2.45) is 0 Å². The highest BCUT2D eigenvalue weighted by Crippen LogP contribution is 2.21. The minimum Gasteiger partial charge on any atom is -0.481 e. The number of rotatable bonds is 5. The summed E-state index contributed by atoms with van der Waals surface area (Å²) in [5.74, 6) is 0.938. The molecule has 3 nitrogen and oxygen atoms in total. The summed E-state index contributed by atoms with van der Waals surface area (Å²) in [6.07, 6.45) is -0.597. The molecule has 0 aliphatic carbocycles. The Morgan fingerprint density at radius 3 is 2.30 bits per heavy atom. The summed E-state index contributed by atoms with van der Waals surface area (Å²) in [5, 5.41) is 3.44. The molecule has 2 rings (SSSR count). The molecule has 0 bridgehead atoms. The van der Waals surface area contributed by atoms with Crippen molar-refractivity contribution < 1.29 is 9.53 Å². The summed E-state index contributed by atoms with van der Waals surface area (Å²) < 4.78 is 5.69. The molecule has 122 valence electrons. The van der Waals surface area contributed by atoms with Crippen LogP contribution in [0.25, 0.3) is 0 Å². The molecule has 0 spiro atoms. The second kappa shape index (κ2) is 7.51. The van der Waals surface area contributed by atoms with Crippen LogP contribution >= 0.6 is 11.6 Å². The topological polar surface area (TPSA) is 38.3 Å². The number of benzene rings is 2. The Morgan fingerprint density at radius 1 is 1.09 bits per heavy atom. The smallest absolute Gasteiger partial charge is 0.265 e. The van der Waals surface area contributed by atoms with Crippen LogP contribution in [0.4, 0.5) is 5.69 Å². The summed E-state index contributed by atoms with van der Waals surface area (Å²) in [6, 6.07) is 13.2. The lowest BCUT2D eigenvalue weighted by atomic mass is 10.0. The Bertz CT molecular complexity index is 680. The first-order chi connectivity index (χ1) is 10.9. The van der Waals surface area contributed by atoms with Crippen molar-refractivity contribution in [3.05, 3.63) is 58.6 Å². The molecular weight excluding hydrogens is 310 g/mol. The number of halogens is 1. The third-order valence-corrected chi connectivity index (χ3v) is 4.08. The average molecular weight is 332 g/mol. The summed E-state index contributed by atoms with van der Waals surface area (Å²) >= 11 is 6.06. The van der Waals surface area contributed by atoms with E-state index in [1.54, 1.807) is 13.0 Å². The van der Waals surface area contributed by atoms with Crippen LogP contribution in [0.5, 0.6) is 5.75 Å². The number of ether oxygens (including phenoxy) is 1. The van der Waals surface area contributed by atoms with Crippen LogP contribution in [-0.4, -0.2) is 12.0 Å². The van der Waals surface area contributed by atoms with Crippen LogP contribution in [0.15, 0.2) is 42.5 Å². The third kappa shape index (κ3) is 4.73. The molecule has 0 heterocycles. The van der Waals surface area contributed by atoms with E-state index in [9.17, 15) is 4.79 Å². The minimum atomic E-state index is -0.597. The lowest BCUT2D eigenvalue weighted by Gasteiger charge is -2.16. The highest BCUT2D eigenvalue weighted by Gasteiger charge is 2.15. The van der Waals surface area contributed by atoms with E-state index < -0.39 is 6.10 Å². The van der Waals surface area contributed by atoms with E-state index in [0.29, 0.717) is 22.4 Å². The Kier molecular flexibility index (Phi) is 5.67. The Hall–Kier alpha value is -2.00. The molecule has 2 aromatic rings. The molecule has 1 unspecified atom stereocenters. The zero-order valence-corrected chi connectivity index (χ0v) is 14.6. The quantitative estimate of drug-likeness (QED) is 0.820.